The minimum atomic E-state index is -1.03. The van der Waals surface area contributed by atoms with Crippen LogP contribution in [0.25, 0.3) is 0 Å². The van der Waals surface area contributed by atoms with E-state index in [1.54, 1.807) is 43.2 Å². The average molecular weight is 828 g/mol. The maximum Gasteiger partial charge on any atom is 0.308 e. The fourth-order valence-electron chi connectivity index (χ4n) is 6.07. The second kappa shape index (κ2) is 29.0. The van der Waals surface area contributed by atoms with E-state index < -0.39 is 29.7 Å². The molecule has 2 rings (SSSR count). The Hall–Kier alpha value is -0.350. The van der Waals surface area contributed by atoms with Gasteiger partial charge >= 0.3 is 17.9 Å². The van der Waals surface area contributed by atoms with Gasteiger partial charge in [0.05, 0.1) is 16.4 Å². The molecule has 294 valence electrons. The van der Waals surface area contributed by atoms with Gasteiger partial charge in [0.25, 0.3) is 0 Å². The molecule has 0 radical (unpaired) electrons. The van der Waals surface area contributed by atoms with Crippen LogP contribution in [-0.4, -0.2) is 58.8 Å². The largest absolute Gasteiger partial charge is 0.481 e. The second-order valence-electron chi connectivity index (χ2n) is 13.8. The minimum Gasteiger partial charge on any atom is -0.481 e. The molecule has 0 aliphatic carbocycles. The van der Waals surface area contributed by atoms with Crippen LogP contribution in [0.3, 0.4) is 0 Å². The van der Waals surface area contributed by atoms with Gasteiger partial charge in [0, 0.05) is 32.2 Å². The SMILES string of the molecule is O=C(O)CCCCCCCCCCCCCCCCCCCCC(=O)C[C@@H](CCC(=O)NCCCC[C@@H](C(=O)O)C1SSC2(SS1)SS2)C(=O)O. The highest BCUT2D eigenvalue weighted by atomic mass is 33.2. The molecule has 2 aliphatic heterocycles. The maximum absolute atomic E-state index is 12.5. The number of ketones is 1. The number of carboxylic acids is 3. The summed E-state index contributed by atoms with van der Waals surface area (Å²) in [6.07, 6.45) is 23.9. The number of rotatable bonds is 34. The zero-order chi connectivity index (χ0) is 37.2. The zero-order valence-electron chi connectivity index (χ0n) is 30.2. The number of hydrogen-bond donors (Lipinski definition) is 4. The van der Waals surface area contributed by atoms with Crippen LogP contribution < -0.4 is 5.32 Å². The van der Waals surface area contributed by atoms with Crippen LogP contribution in [0.2, 0.25) is 0 Å². The van der Waals surface area contributed by atoms with E-state index in [-0.39, 0.29) is 38.3 Å². The Kier molecular flexibility index (Phi) is 26.6. The summed E-state index contributed by atoms with van der Waals surface area (Å²) in [5, 5.41) is 30.8. The molecule has 1 amide bonds. The number of carboxylic acid groups (broad SMARTS) is 3. The van der Waals surface area contributed by atoms with Crippen LogP contribution in [0.1, 0.15) is 167 Å². The van der Waals surface area contributed by atoms with E-state index in [2.05, 4.69) is 5.32 Å². The molecular formula is C36H61NO8S6. The topological polar surface area (TPSA) is 158 Å². The smallest absolute Gasteiger partial charge is 0.308 e. The quantitative estimate of drug-likeness (QED) is 0.0276. The van der Waals surface area contributed by atoms with Gasteiger partial charge in [0.15, 0.2) is 2.74 Å². The lowest BCUT2D eigenvalue weighted by Gasteiger charge is -2.27. The van der Waals surface area contributed by atoms with Crippen molar-refractivity contribution in [2.24, 2.45) is 11.8 Å². The number of nitrogens with one attached hydrogen (secondary N) is 1. The predicted octanol–water partition coefficient (Wildman–Crippen LogP) is 11.4. The maximum atomic E-state index is 12.5. The summed E-state index contributed by atoms with van der Waals surface area (Å²) >= 11 is 0. The second-order valence-corrected chi connectivity index (χ2v) is 23.3. The molecule has 1 spiro atoms. The number of amides is 1. The molecule has 2 aliphatic rings. The Labute approximate surface area is 329 Å². The molecular weight excluding hydrogens is 767 g/mol. The van der Waals surface area contributed by atoms with Crippen LogP contribution >= 0.6 is 64.8 Å². The first kappa shape index (κ1) is 46.8. The van der Waals surface area contributed by atoms with Crippen molar-refractivity contribution in [2.45, 2.75) is 174 Å². The molecule has 0 saturated carbocycles. The molecule has 2 heterocycles. The number of hydrogen-bond acceptors (Lipinski definition) is 11. The summed E-state index contributed by atoms with van der Waals surface area (Å²) in [5.74, 6) is -4.06. The van der Waals surface area contributed by atoms with Crippen molar-refractivity contribution in [2.75, 3.05) is 6.54 Å². The van der Waals surface area contributed by atoms with Crippen LogP contribution in [0.15, 0.2) is 0 Å². The summed E-state index contributed by atoms with van der Waals surface area (Å²) in [5.41, 5.74) is 0. The van der Waals surface area contributed by atoms with Gasteiger partial charge in [-0.1, -0.05) is 152 Å². The molecule has 9 nitrogen and oxygen atoms in total. The molecule has 51 heavy (non-hydrogen) atoms. The third-order valence-corrected chi connectivity index (χ3v) is 23.1. The zero-order valence-corrected chi connectivity index (χ0v) is 35.1. The van der Waals surface area contributed by atoms with E-state index in [4.69, 9.17) is 5.11 Å². The molecule has 0 aromatic carbocycles. The standard InChI is InChI=1S/C36H61NO8S6/c38-29(21-17-15-13-11-9-7-5-3-1-2-4-6-8-10-12-14-16-18-23-32(40)41)27-28(33(42)43)24-25-31(39)37-26-20-19-22-30(34(44)45)35-46-48-36(49-47-35)50-51-36/h28,30,35H,1-27H2,(H,37,39)(H,40,41)(H,42,43)(H,44,45)/t28-,30+/m1/s1. The van der Waals surface area contributed by atoms with E-state index in [0.717, 1.165) is 38.5 Å². The Morgan fingerprint density at radius 2 is 1.00 bits per heavy atom. The summed E-state index contributed by atoms with van der Waals surface area (Å²) in [7, 11) is 10.5. The first-order valence-electron chi connectivity index (χ1n) is 19.1. The van der Waals surface area contributed by atoms with Gasteiger partial charge in [0.2, 0.25) is 5.91 Å². The lowest BCUT2D eigenvalue weighted by Crippen LogP contribution is -2.27. The lowest BCUT2D eigenvalue weighted by atomic mass is 9.94. The number of unbranched alkanes of at least 4 members (excludes halogenated alkanes) is 18. The van der Waals surface area contributed by atoms with Gasteiger partial charge in [-0.15, -0.1) is 0 Å². The van der Waals surface area contributed by atoms with E-state index in [1.165, 1.54) is 77.0 Å². The first-order valence-corrected chi connectivity index (χ1v) is 25.7. The summed E-state index contributed by atoms with van der Waals surface area (Å²) in [6.45, 7) is 0.426. The van der Waals surface area contributed by atoms with Gasteiger partial charge in [-0.25, -0.2) is 0 Å². The van der Waals surface area contributed by atoms with Crippen molar-refractivity contribution >= 4 is 94.4 Å². The number of Topliss-reactive ketones (excluding diaryl/α,β-unsaturated/α-hetero) is 1. The van der Waals surface area contributed by atoms with E-state index in [1.807, 2.05) is 21.6 Å². The van der Waals surface area contributed by atoms with Gasteiger partial charge in [-0.3, -0.25) is 24.0 Å². The minimum absolute atomic E-state index is 0.0000385. The van der Waals surface area contributed by atoms with Crippen molar-refractivity contribution in [3.63, 3.8) is 0 Å². The van der Waals surface area contributed by atoms with Gasteiger partial charge in [-0.05, 0) is 53.7 Å². The molecule has 2 saturated heterocycles. The molecule has 15 heteroatoms. The fraction of sp³-hybridized carbons (Fsp3) is 0.861. The normalized spacial score (nSPS) is 16.5. The van der Waals surface area contributed by atoms with E-state index >= 15 is 0 Å². The summed E-state index contributed by atoms with van der Waals surface area (Å²) < 4.78 is 0.143. The van der Waals surface area contributed by atoms with Crippen LogP contribution in [-0.2, 0) is 24.0 Å². The molecule has 0 unspecified atom stereocenters. The molecule has 2 fully saturated rings. The van der Waals surface area contributed by atoms with E-state index in [9.17, 15) is 34.2 Å². The van der Waals surface area contributed by atoms with E-state index in [0.29, 0.717) is 38.6 Å². The lowest BCUT2D eigenvalue weighted by molar-refractivity contribution is -0.144. The molecule has 0 bridgehead atoms. The highest BCUT2D eigenvalue weighted by molar-refractivity contribution is 9.14. The third kappa shape index (κ3) is 23.9. The van der Waals surface area contributed by atoms with Crippen molar-refractivity contribution in [3.8, 4) is 0 Å². The van der Waals surface area contributed by atoms with Gasteiger partial charge < -0.3 is 20.6 Å². The summed E-state index contributed by atoms with van der Waals surface area (Å²) in [6, 6.07) is 0. The highest BCUT2D eigenvalue weighted by Gasteiger charge is 2.53. The number of aliphatic carboxylic acids is 3. The predicted molar refractivity (Wildman–Crippen MR) is 220 cm³/mol. The summed E-state index contributed by atoms with van der Waals surface area (Å²) in [4.78, 5) is 58.9. The van der Waals surface area contributed by atoms with Crippen LogP contribution in [0.5, 0.6) is 0 Å². The number of carbonyl (C=O) groups is 5. The average Bonchev–Trinajstić information content (AvgIpc) is 3.85. The first-order chi connectivity index (χ1) is 24.6. The van der Waals surface area contributed by atoms with Crippen molar-refractivity contribution < 1.29 is 39.3 Å². The van der Waals surface area contributed by atoms with Crippen molar-refractivity contribution in [1.82, 2.24) is 5.32 Å². The van der Waals surface area contributed by atoms with Crippen molar-refractivity contribution in [3.05, 3.63) is 0 Å². The molecule has 2 atom stereocenters. The Morgan fingerprint density at radius 1 is 0.529 bits per heavy atom. The highest BCUT2D eigenvalue weighted by Crippen LogP contribution is 2.84. The van der Waals surface area contributed by atoms with Gasteiger partial charge in [-0.2, -0.15) is 0 Å². The van der Waals surface area contributed by atoms with Crippen molar-refractivity contribution in [1.29, 1.82) is 0 Å². The number of carbonyl (C=O) groups excluding carboxylic acids is 2. The Balaban J connectivity index is 1.37. The Morgan fingerprint density at radius 3 is 1.43 bits per heavy atom. The van der Waals surface area contributed by atoms with Crippen LogP contribution in [0.4, 0.5) is 0 Å². The van der Waals surface area contributed by atoms with Crippen LogP contribution in [0, 0.1) is 11.8 Å². The molecule has 4 N–H and O–H groups in total. The fourth-order valence-corrected chi connectivity index (χ4v) is 19.9. The molecule has 0 aromatic rings. The molecule has 0 aromatic heterocycles. The Bertz CT molecular complexity index is 1020. The third-order valence-electron chi connectivity index (χ3n) is 9.26. The monoisotopic (exact) mass is 827 g/mol. The van der Waals surface area contributed by atoms with Gasteiger partial charge in [0.1, 0.15) is 5.78 Å².